The molecular formula is C20H26N2O3. The van der Waals surface area contributed by atoms with E-state index in [1.807, 2.05) is 55.5 Å². The number of hydrogen-bond donors (Lipinski definition) is 2. The van der Waals surface area contributed by atoms with Crippen molar-refractivity contribution < 1.29 is 14.3 Å². The molecule has 0 aliphatic rings. The number of amides is 1. The van der Waals surface area contributed by atoms with Gasteiger partial charge < -0.3 is 20.1 Å². The van der Waals surface area contributed by atoms with Crippen LogP contribution in [0.15, 0.2) is 48.5 Å². The first-order valence-electron chi connectivity index (χ1n) is 8.56. The van der Waals surface area contributed by atoms with E-state index >= 15 is 0 Å². The van der Waals surface area contributed by atoms with E-state index in [2.05, 4.69) is 24.5 Å². The minimum absolute atomic E-state index is 0.107. The summed E-state index contributed by atoms with van der Waals surface area (Å²) in [6.45, 7) is 7.66. The molecule has 0 bridgehead atoms. The van der Waals surface area contributed by atoms with E-state index in [4.69, 9.17) is 9.47 Å². The Labute approximate surface area is 149 Å². The van der Waals surface area contributed by atoms with E-state index in [9.17, 15) is 4.79 Å². The zero-order chi connectivity index (χ0) is 18.1. The van der Waals surface area contributed by atoms with Crippen molar-refractivity contribution in [2.24, 2.45) is 5.92 Å². The van der Waals surface area contributed by atoms with E-state index in [-0.39, 0.29) is 12.5 Å². The Bertz CT molecular complexity index is 652. The molecule has 2 rings (SSSR count). The molecule has 0 saturated heterocycles. The van der Waals surface area contributed by atoms with Crippen LogP contribution in [-0.4, -0.2) is 25.7 Å². The number of hydrogen-bond acceptors (Lipinski definition) is 4. The van der Waals surface area contributed by atoms with Gasteiger partial charge in [0.1, 0.15) is 11.5 Å². The van der Waals surface area contributed by atoms with Crippen molar-refractivity contribution in [2.75, 3.05) is 30.4 Å². The third-order valence-corrected chi connectivity index (χ3v) is 3.34. The summed E-state index contributed by atoms with van der Waals surface area (Å²) in [5.41, 5.74) is 1.62. The minimum atomic E-state index is -0.107. The molecule has 0 radical (unpaired) electrons. The first kappa shape index (κ1) is 18.6. The number of benzene rings is 2. The highest BCUT2D eigenvalue weighted by Gasteiger charge is 2.03. The van der Waals surface area contributed by atoms with E-state index < -0.39 is 0 Å². The molecule has 0 atom stereocenters. The molecule has 0 fully saturated rings. The van der Waals surface area contributed by atoms with Crippen molar-refractivity contribution in [1.82, 2.24) is 0 Å². The summed E-state index contributed by atoms with van der Waals surface area (Å²) >= 11 is 0. The molecule has 5 nitrogen and oxygen atoms in total. The average Bonchev–Trinajstić information content (AvgIpc) is 2.61. The lowest BCUT2D eigenvalue weighted by Gasteiger charge is -2.11. The predicted octanol–water partition coefficient (Wildman–Crippen LogP) is 4.17. The lowest BCUT2D eigenvalue weighted by Crippen LogP contribution is -2.21. The third-order valence-electron chi connectivity index (χ3n) is 3.34. The first-order valence-corrected chi connectivity index (χ1v) is 8.56. The number of nitrogens with one attached hydrogen (secondary N) is 2. The van der Waals surface area contributed by atoms with E-state index in [1.165, 1.54) is 0 Å². The maximum atomic E-state index is 12.0. The highest BCUT2D eigenvalue weighted by atomic mass is 16.5. The molecule has 2 N–H and O–H groups in total. The van der Waals surface area contributed by atoms with E-state index in [1.54, 1.807) is 0 Å². The van der Waals surface area contributed by atoms with Crippen molar-refractivity contribution in [3.05, 3.63) is 48.5 Å². The Morgan fingerprint density at radius 2 is 1.48 bits per heavy atom. The quantitative estimate of drug-likeness (QED) is 0.718. The number of ether oxygens (including phenoxy) is 2. The summed E-state index contributed by atoms with van der Waals surface area (Å²) < 4.78 is 11.0. The third kappa shape index (κ3) is 6.75. The largest absolute Gasteiger partial charge is 0.494 e. The van der Waals surface area contributed by atoms with Crippen LogP contribution >= 0.6 is 0 Å². The number of rotatable bonds is 9. The van der Waals surface area contributed by atoms with Crippen LogP contribution in [-0.2, 0) is 4.79 Å². The lowest BCUT2D eigenvalue weighted by atomic mass is 10.2. The van der Waals surface area contributed by atoms with Gasteiger partial charge in [0.2, 0.25) is 5.91 Å². The van der Waals surface area contributed by atoms with Crippen molar-refractivity contribution in [2.45, 2.75) is 20.8 Å². The molecular weight excluding hydrogens is 316 g/mol. The van der Waals surface area contributed by atoms with E-state index in [0.29, 0.717) is 19.1 Å². The van der Waals surface area contributed by atoms with E-state index in [0.717, 1.165) is 22.9 Å². The first-order chi connectivity index (χ1) is 12.1. The van der Waals surface area contributed by atoms with Crippen molar-refractivity contribution >= 4 is 17.3 Å². The molecule has 0 aromatic heterocycles. The minimum Gasteiger partial charge on any atom is -0.494 e. The van der Waals surface area contributed by atoms with Gasteiger partial charge in [0.05, 0.1) is 19.8 Å². The molecule has 2 aromatic rings. The van der Waals surface area contributed by atoms with Crippen LogP contribution in [0.25, 0.3) is 0 Å². The molecule has 0 unspecified atom stereocenters. The Balaban J connectivity index is 1.77. The summed E-state index contributed by atoms with van der Waals surface area (Å²) in [6.07, 6.45) is 0. The smallest absolute Gasteiger partial charge is 0.243 e. The van der Waals surface area contributed by atoms with Gasteiger partial charge in [0.15, 0.2) is 0 Å². The predicted molar refractivity (Wildman–Crippen MR) is 102 cm³/mol. The zero-order valence-corrected chi connectivity index (χ0v) is 15.0. The summed E-state index contributed by atoms with van der Waals surface area (Å²) in [5.74, 6) is 2.00. The Kier molecular flexibility index (Phi) is 7.14. The number of carbonyl (C=O) groups is 1. The molecule has 0 spiro atoms. The van der Waals surface area contributed by atoms with Gasteiger partial charge in [-0.25, -0.2) is 0 Å². The number of anilines is 2. The van der Waals surface area contributed by atoms with Gasteiger partial charge in [-0.1, -0.05) is 13.8 Å². The van der Waals surface area contributed by atoms with Crippen LogP contribution in [0.5, 0.6) is 11.5 Å². The fourth-order valence-electron chi connectivity index (χ4n) is 2.12. The Hall–Kier alpha value is -2.69. The average molecular weight is 342 g/mol. The fourth-order valence-corrected chi connectivity index (χ4v) is 2.12. The SMILES string of the molecule is CCOc1ccc(NC(=O)CNc2ccc(OCC(C)C)cc2)cc1. The molecule has 0 aliphatic carbocycles. The summed E-state index contributed by atoms with van der Waals surface area (Å²) in [4.78, 5) is 12.0. The molecule has 25 heavy (non-hydrogen) atoms. The monoisotopic (exact) mass is 342 g/mol. The molecule has 5 heteroatoms. The second kappa shape index (κ2) is 9.57. The fraction of sp³-hybridized carbons (Fsp3) is 0.350. The molecule has 0 heterocycles. The zero-order valence-electron chi connectivity index (χ0n) is 15.0. The molecule has 0 saturated carbocycles. The highest BCUT2D eigenvalue weighted by Crippen LogP contribution is 2.17. The van der Waals surface area contributed by atoms with Crippen LogP contribution in [0.1, 0.15) is 20.8 Å². The van der Waals surface area contributed by atoms with Gasteiger partial charge in [0.25, 0.3) is 0 Å². The topological polar surface area (TPSA) is 59.6 Å². The molecule has 2 aromatic carbocycles. The van der Waals surface area contributed by atoms with Gasteiger partial charge in [0, 0.05) is 11.4 Å². The van der Waals surface area contributed by atoms with Crippen LogP contribution in [0, 0.1) is 5.92 Å². The van der Waals surface area contributed by atoms with Gasteiger partial charge in [-0.3, -0.25) is 4.79 Å². The lowest BCUT2D eigenvalue weighted by molar-refractivity contribution is -0.114. The maximum Gasteiger partial charge on any atom is 0.243 e. The van der Waals surface area contributed by atoms with Gasteiger partial charge >= 0.3 is 0 Å². The summed E-state index contributed by atoms with van der Waals surface area (Å²) in [7, 11) is 0. The maximum absolute atomic E-state index is 12.0. The summed E-state index contributed by atoms with van der Waals surface area (Å²) in [5, 5.41) is 5.94. The highest BCUT2D eigenvalue weighted by molar-refractivity contribution is 5.93. The standard InChI is InChI=1S/C20H26N2O3/c1-4-24-18-11-7-17(8-12-18)22-20(23)13-21-16-5-9-19(10-6-16)25-14-15(2)3/h5-12,15,21H,4,13-14H2,1-3H3,(H,22,23). The number of carbonyl (C=O) groups excluding carboxylic acids is 1. The molecule has 0 aliphatic heterocycles. The Morgan fingerprint density at radius 1 is 0.920 bits per heavy atom. The molecule has 134 valence electrons. The van der Waals surface area contributed by atoms with Crippen LogP contribution in [0.3, 0.4) is 0 Å². The van der Waals surface area contributed by atoms with Gasteiger partial charge in [-0.05, 0) is 61.4 Å². The van der Waals surface area contributed by atoms with Crippen LogP contribution in [0.2, 0.25) is 0 Å². The van der Waals surface area contributed by atoms with Crippen molar-refractivity contribution in [3.63, 3.8) is 0 Å². The molecule has 1 amide bonds. The second-order valence-corrected chi connectivity index (χ2v) is 6.09. The second-order valence-electron chi connectivity index (χ2n) is 6.09. The normalized spacial score (nSPS) is 10.4. The van der Waals surface area contributed by atoms with Crippen LogP contribution < -0.4 is 20.1 Å². The van der Waals surface area contributed by atoms with Gasteiger partial charge in [-0.15, -0.1) is 0 Å². The Morgan fingerprint density at radius 3 is 2.04 bits per heavy atom. The van der Waals surface area contributed by atoms with Gasteiger partial charge in [-0.2, -0.15) is 0 Å². The summed E-state index contributed by atoms with van der Waals surface area (Å²) in [6, 6.07) is 14.9. The van der Waals surface area contributed by atoms with Crippen molar-refractivity contribution in [1.29, 1.82) is 0 Å². The van der Waals surface area contributed by atoms with Crippen LogP contribution in [0.4, 0.5) is 11.4 Å². The van der Waals surface area contributed by atoms with Crippen molar-refractivity contribution in [3.8, 4) is 11.5 Å².